The van der Waals surface area contributed by atoms with Crippen molar-refractivity contribution in [3.63, 3.8) is 0 Å². The van der Waals surface area contributed by atoms with Gasteiger partial charge in [-0.25, -0.2) is 0 Å². The van der Waals surface area contributed by atoms with E-state index in [4.69, 9.17) is 18.1 Å². The highest BCUT2D eigenvalue weighted by Gasteiger charge is 2.21. The van der Waals surface area contributed by atoms with E-state index >= 15 is 0 Å². The SMILES string of the molecule is [2H]c1c([2H])c([2H])c2c(oc3c(-c4c5c([2H])c([2H])c([2H])c([2H])c5c(-c5ccccc5-c5cccc6ccccc56)c5c([2H])c([2H])c([2H])c([2H])c45)c([2H])c([2H])c([2H])c32)c1[2H]. The lowest BCUT2D eigenvalue weighted by atomic mass is 9.83. The first-order valence-electron chi connectivity index (χ1n) is 21.1. The van der Waals surface area contributed by atoms with E-state index in [0.29, 0.717) is 11.1 Å². The fourth-order valence-corrected chi connectivity index (χ4v) is 6.05. The predicted molar refractivity (Wildman–Crippen MR) is 183 cm³/mol. The van der Waals surface area contributed by atoms with Crippen LogP contribution in [0.15, 0.2) is 162 Å². The van der Waals surface area contributed by atoms with Gasteiger partial charge >= 0.3 is 0 Å². The van der Waals surface area contributed by atoms with Gasteiger partial charge in [0, 0.05) is 21.9 Å². The Morgan fingerprint density at radius 3 is 1.65 bits per heavy atom. The second kappa shape index (κ2) is 9.44. The van der Waals surface area contributed by atoms with Crippen LogP contribution in [0.3, 0.4) is 0 Å². The zero-order chi connectivity index (χ0) is 41.4. The van der Waals surface area contributed by atoms with Gasteiger partial charge < -0.3 is 4.42 Å². The van der Waals surface area contributed by atoms with Crippen LogP contribution in [0.2, 0.25) is 0 Å². The number of benzene rings is 8. The Bertz CT molecular complexity index is 3270. The van der Waals surface area contributed by atoms with Crippen LogP contribution in [-0.2, 0) is 0 Å². The summed E-state index contributed by atoms with van der Waals surface area (Å²) < 4.78 is 141. The third-order valence-corrected chi connectivity index (χ3v) is 7.84. The summed E-state index contributed by atoms with van der Waals surface area (Å²) >= 11 is 0. The average molecular weight is 562 g/mol. The molecule has 0 spiro atoms. The molecule has 0 aliphatic heterocycles. The van der Waals surface area contributed by atoms with E-state index in [-0.39, 0.29) is 60.2 Å². The maximum absolute atomic E-state index is 9.45. The third kappa shape index (κ3) is 3.58. The molecule has 9 aromatic rings. The molecule has 1 heterocycles. The van der Waals surface area contributed by atoms with Crippen molar-refractivity contribution >= 4 is 54.3 Å². The van der Waals surface area contributed by atoms with Gasteiger partial charge in [0.25, 0.3) is 0 Å². The molecule has 9 rings (SSSR count). The minimum absolute atomic E-state index is 0.0615. The fourth-order valence-electron chi connectivity index (χ4n) is 6.05. The lowest BCUT2D eigenvalue weighted by molar-refractivity contribution is 0.670. The molecular formula is C42H26O. The van der Waals surface area contributed by atoms with Crippen molar-refractivity contribution in [2.24, 2.45) is 0 Å². The zero-order valence-corrected chi connectivity index (χ0v) is 22.3. The van der Waals surface area contributed by atoms with Gasteiger partial charge in [0.1, 0.15) is 11.2 Å². The molecule has 1 nitrogen and oxygen atoms in total. The molecule has 0 amide bonds. The highest BCUT2D eigenvalue weighted by Crippen LogP contribution is 2.48. The van der Waals surface area contributed by atoms with Gasteiger partial charge in [-0.2, -0.15) is 0 Å². The standard InChI is InChI=1S/C42H26O/c1-2-15-28-27(13-1)14-11-23-29(28)30-16-3-4-18-32(30)40-33-19-5-7-21-35(33)41(36-22-8-6-20-34(36)40)38-25-12-24-37-31-17-9-10-26-39(31)43-42(37)38/h1-26H/i5D,6D,7D,8D,9D,10D,12D,17D,19D,20D,21D,22D,24D,25D,26D. The number of furan rings is 1. The topological polar surface area (TPSA) is 13.1 Å². The number of rotatable bonds is 3. The molecule has 8 aromatic carbocycles. The third-order valence-electron chi connectivity index (χ3n) is 7.84. The van der Waals surface area contributed by atoms with Crippen molar-refractivity contribution in [1.29, 1.82) is 0 Å². The Labute approximate surface area is 270 Å². The largest absolute Gasteiger partial charge is 0.455 e. The quantitative estimate of drug-likeness (QED) is 0.196. The monoisotopic (exact) mass is 561 g/mol. The molecule has 0 fully saturated rings. The molecule has 43 heavy (non-hydrogen) atoms. The lowest BCUT2D eigenvalue weighted by Crippen LogP contribution is -1.93. The van der Waals surface area contributed by atoms with E-state index in [1.807, 2.05) is 48.5 Å². The van der Waals surface area contributed by atoms with Crippen molar-refractivity contribution in [2.75, 3.05) is 0 Å². The van der Waals surface area contributed by atoms with Gasteiger partial charge in [-0.05, 0) is 60.6 Å². The van der Waals surface area contributed by atoms with E-state index in [1.165, 1.54) is 0 Å². The van der Waals surface area contributed by atoms with Crippen molar-refractivity contribution < 1.29 is 25.0 Å². The summed E-state index contributed by atoms with van der Waals surface area (Å²) in [7, 11) is 0. The minimum Gasteiger partial charge on any atom is -0.455 e. The summed E-state index contributed by atoms with van der Waals surface area (Å²) in [6.45, 7) is 0. The Balaban J connectivity index is 1.61. The van der Waals surface area contributed by atoms with Crippen LogP contribution in [-0.4, -0.2) is 0 Å². The smallest absolute Gasteiger partial charge is 0.143 e. The molecule has 1 heteroatoms. The second-order valence-electron chi connectivity index (χ2n) is 10.1. The van der Waals surface area contributed by atoms with Crippen LogP contribution in [0.25, 0.3) is 87.6 Å². The molecule has 0 radical (unpaired) electrons. The molecule has 0 N–H and O–H groups in total. The normalized spacial score (nSPS) is 16.6. The molecule has 0 saturated carbocycles. The number of fused-ring (bicyclic) bond motifs is 6. The first-order valence-corrected chi connectivity index (χ1v) is 13.6. The van der Waals surface area contributed by atoms with Crippen molar-refractivity contribution in [3.8, 4) is 33.4 Å². The Kier molecular flexibility index (Phi) is 2.97. The minimum atomic E-state index is -0.717. The van der Waals surface area contributed by atoms with E-state index in [0.717, 1.165) is 16.3 Å². The summed E-state index contributed by atoms with van der Waals surface area (Å²) in [5.41, 5.74) is 0.288. The summed E-state index contributed by atoms with van der Waals surface area (Å²) in [5, 5.41) is 0.403. The first-order chi connectivity index (χ1) is 27.6. The zero-order valence-electron chi connectivity index (χ0n) is 37.3. The van der Waals surface area contributed by atoms with Crippen LogP contribution in [0.1, 0.15) is 20.6 Å². The van der Waals surface area contributed by atoms with E-state index in [9.17, 15) is 6.85 Å². The van der Waals surface area contributed by atoms with Gasteiger partial charge in [0.05, 0.1) is 20.6 Å². The number of hydrogen-bond acceptors (Lipinski definition) is 1. The van der Waals surface area contributed by atoms with Gasteiger partial charge in [0.2, 0.25) is 0 Å². The maximum atomic E-state index is 9.45. The van der Waals surface area contributed by atoms with Crippen LogP contribution in [0.5, 0.6) is 0 Å². The van der Waals surface area contributed by atoms with Crippen LogP contribution < -0.4 is 0 Å². The highest BCUT2D eigenvalue weighted by atomic mass is 16.3. The highest BCUT2D eigenvalue weighted by molar-refractivity contribution is 6.25. The molecule has 0 aliphatic rings. The molecule has 0 bridgehead atoms. The van der Waals surface area contributed by atoms with E-state index in [2.05, 4.69) is 0 Å². The Morgan fingerprint density at radius 2 is 0.907 bits per heavy atom. The van der Waals surface area contributed by atoms with E-state index in [1.54, 1.807) is 18.2 Å². The van der Waals surface area contributed by atoms with Crippen LogP contribution >= 0.6 is 0 Å². The maximum Gasteiger partial charge on any atom is 0.143 e. The first kappa shape index (κ1) is 13.5. The summed E-state index contributed by atoms with van der Waals surface area (Å²) in [4.78, 5) is 0. The Morgan fingerprint density at radius 1 is 0.372 bits per heavy atom. The molecule has 0 atom stereocenters. The second-order valence-corrected chi connectivity index (χ2v) is 10.1. The molecule has 0 saturated heterocycles. The fraction of sp³-hybridized carbons (Fsp3) is 0. The average Bonchev–Trinajstić information content (AvgIpc) is 3.63. The number of para-hydroxylation sites is 2. The van der Waals surface area contributed by atoms with Crippen LogP contribution in [0, 0.1) is 0 Å². The molecule has 200 valence electrons. The van der Waals surface area contributed by atoms with Gasteiger partial charge in [-0.15, -0.1) is 0 Å². The molecule has 1 aromatic heterocycles. The van der Waals surface area contributed by atoms with Crippen molar-refractivity contribution in [1.82, 2.24) is 0 Å². The van der Waals surface area contributed by atoms with Crippen LogP contribution in [0.4, 0.5) is 0 Å². The summed E-state index contributed by atoms with van der Waals surface area (Å²) in [6.07, 6.45) is 0. The predicted octanol–water partition coefficient (Wildman–Crippen LogP) is 12.0. The van der Waals surface area contributed by atoms with Crippen molar-refractivity contribution in [3.05, 3.63) is 157 Å². The molecule has 0 unspecified atom stereocenters. The Hall–Kier alpha value is -5.66. The number of hydrogen-bond donors (Lipinski definition) is 0. The summed E-state index contributed by atoms with van der Waals surface area (Å²) in [5.74, 6) is 0. The van der Waals surface area contributed by atoms with Gasteiger partial charge in [0.15, 0.2) is 0 Å². The van der Waals surface area contributed by atoms with E-state index < -0.39 is 90.6 Å². The van der Waals surface area contributed by atoms with Gasteiger partial charge in [-0.3, -0.25) is 0 Å². The summed E-state index contributed by atoms with van der Waals surface area (Å²) in [6, 6.07) is 10.9. The lowest BCUT2D eigenvalue weighted by Gasteiger charge is -2.20. The molecule has 0 aliphatic carbocycles. The van der Waals surface area contributed by atoms with Crippen molar-refractivity contribution in [2.45, 2.75) is 0 Å². The molecular weight excluding hydrogens is 520 g/mol. The van der Waals surface area contributed by atoms with Gasteiger partial charge in [-0.1, -0.05) is 151 Å².